The van der Waals surface area contributed by atoms with Crippen LogP contribution in [0.25, 0.3) is 18.2 Å². The molecule has 1 unspecified atom stereocenters. The first-order valence-electron chi connectivity index (χ1n) is 13.7. The smallest absolute Gasteiger partial charge is 0.303 e. The van der Waals surface area contributed by atoms with Gasteiger partial charge in [0.25, 0.3) is 11.8 Å². The van der Waals surface area contributed by atoms with E-state index in [0.29, 0.717) is 30.4 Å². The molecule has 0 saturated heterocycles. The first-order chi connectivity index (χ1) is 19.6. The molecular formula is C31H32N4O6. The van der Waals surface area contributed by atoms with E-state index in [0.717, 1.165) is 50.3 Å². The summed E-state index contributed by atoms with van der Waals surface area (Å²) in [5.41, 5.74) is 7.25. The number of rotatable bonds is 8. The predicted molar refractivity (Wildman–Crippen MR) is 153 cm³/mol. The number of aliphatic imine (C=N–C) groups is 1. The first-order valence-corrected chi connectivity index (χ1v) is 13.7. The van der Waals surface area contributed by atoms with Crippen LogP contribution in [0.1, 0.15) is 60.3 Å². The molecule has 0 aromatic carbocycles. The molecule has 5 heterocycles. The summed E-state index contributed by atoms with van der Waals surface area (Å²) in [6.45, 7) is 6.08. The van der Waals surface area contributed by atoms with Crippen LogP contribution in [0.3, 0.4) is 0 Å². The Morgan fingerprint density at radius 2 is 1.76 bits per heavy atom. The maximum atomic E-state index is 12.3. The fraction of sp³-hybridized carbons (Fsp3) is 0.323. The molecule has 2 aromatic heterocycles. The quantitative estimate of drug-likeness (QED) is 0.390. The van der Waals surface area contributed by atoms with Crippen LogP contribution in [0.5, 0.6) is 0 Å². The lowest BCUT2D eigenvalue weighted by Crippen LogP contribution is -2.25. The third-order valence-corrected chi connectivity index (χ3v) is 8.01. The molecule has 3 aliphatic rings. The predicted octanol–water partition coefficient (Wildman–Crippen LogP) is 2.15. The molecule has 0 aliphatic carbocycles. The molecule has 10 nitrogen and oxygen atoms in total. The van der Waals surface area contributed by atoms with Crippen molar-refractivity contribution >= 4 is 47.7 Å². The van der Waals surface area contributed by atoms with E-state index in [-0.39, 0.29) is 37.0 Å². The summed E-state index contributed by atoms with van der Waals surface area (Å²) in [5, 5.41) is 20.3. The van der Waals surface area contributed by atoms with Gasteiger partial charge in [-0.1, -0.05) is 6.08 Å². The number of carbonyl (C=O) groups excluding carboxylic acids is 2. The molecule has 0 spiro atoms. The van der Waals surface area contributed by atoms with Gasteiger partial charge < -0.3 is 25.1 Å². The van der Waals surface area contributed by atoms with Gasteiger partial charge in [-0.25, -0.2) is 4.99 Å². The van der Waals surface area contributed by atoms with Gasteiger partial charge in [-0.15, -0.1) is 0 Å². The molecule has 5 rings (SSSR count). The average Bonchev–Trinajstić information content (AvgIpc) is 3.56. The second-order valence-electron chi connectivity index (χ2n) is 10.5. The number of nitrogens with zero attached hydrogens (tertiary/aromatic N) is 2. The third-order valence-electron chi connectivity index (χ3n) is 8.01. The zero-order valence-corrected chi connectivity index (χ0v) is 23.2. The minimum absolute atomic E-state index is 0.0585. The van der Waals surface area contributed by atoms with E-state index in [4.69, 9.17) is 0 Å². The normalized spacial score (nSPS) is 20.0. The molecule has 41 heavy (non-hydrogen) atoms. The van der Waals surface area contributed by atoms with Crippen LogP contribution in [-0.4, -0.2) is 61.1 Å². The van der Waals surface area contributed by atoms with E-state index >= 15 is 0 Å². The zero-order chi connectivity index (χ0) is 29.4. The summed E-state index contributed by atoms with van der Waals surface area (Å²) in [5.74, 6) is -2.42. The molecule has 4 N–H and O–H groups in total. The molecule has 1 atom stereocenters. The second-order valence-corrected chi connectivity index (χ2v) is 10.5. The van der Waals surface area contributed by atoms with Crippen molar-refractivity contribution in [2.45, 2.75) is 52.9 Å². The van der Waals surface area contributed by atoms with Crippen LogP contribution in [-0.2, 0) is 38.4 Å². The molecule has 0 fully saturated rings. The summed E-state index contributed by atoms with van der Waals surface area (Å²) in [4.78, 5) is 60.3. The summed E-state index contributed by atoms with van der Waals surface area (Å²) < 4.78 is 0. The summed E-state index contributed by atoms with van der Waals surface area (Å²) >= 11 is 0. The first kappa shape index (κ1) is 27.8. The van der Waals surface area contributed by atoms with Crippen molar-refractivity contribution in [3.8, 4) is 0 Å². The van der Waals surface area contributed by atoms with E-state index in [2.05, 4.69) is 15.0 Å². The number of carboxylic acids is 2. The van der Waals surface area contributed by atoms with Crippen LogP contribution in [0.2, 0.25) is 0 Å². The fourth-order valence-electron chi connectivity index (χ4n) is 5.80. The average molecular weight is 557 g/mol. The number of aromatic nitrogens is 2. The number of fused-ring (bicyclic) bond motifs is 2. The number of aliphatic carboxylic acids is 2. The highest BCUT2D eigenvalue weighted by molar-refractivity contribution is 6.29. The minimum atomic E-state index is -0.915. The number of aromatic amines is 2. The van der Waals surface area contributed by atoms with Gasteiger partial charge >= 0.3 is 11.9 Å². The maximum absolute atomic E-state index is 12.3. The Morgan fingerprint density at radius 3 is 2.44 bits per heavy atom. The standard InChI is InChI=1S/C31H32N4O6/c1-4-19-17(3)31(41)34-25(19)14-23-16(2)20(6-9-29(37)38)26(32-23)15-27-21(7-10-30(39)40)22-11-12-35-18(5-8-28(35)36)13-24(22)33-27/h4-5,8,13-15,17,32-33H,6-7,9-12H2,1-3H3,(H,37,38)(H,39,40)/b19-4+,23-14+,26-15-. The lowest BCUT2D eigenvalue weighted by Gasteiger charge is -2.15. The van der Waals surface area contributed by atoms with E-state index in [1.54, 1.807) is 11.0 Å². The van der Waals surface area contributed by atoms with Crippen molar-refractivity contribution in [3.63, 3.8) is 0 Å². The van der Waals surface area contributed by atoms with Gasteiger partial charge in [-0.05, 0) is 92.2 Å². The molecule has 0 saturated carbocycles. The van der Waals surface area contributed by atoms with Crippen LogP contribution in [0.15, 0.2) is 34.5 Å². The molecule has 0 bridgehead atoms. The van der Waals surface area contributed by atoms with E-state index < -0.39 is 11.9 Å². The summed E-state index contributed by atoms with van der Waals surface area (Å²) in [6, 6.07) is 0. The molecule has 2 aromatic rings. The Morgan fingerprint density at radius 1 is 1.05 bits per heavy atom. The zero-order valence-electron chi connectivity index (χ0n) is 23.2. The highest BCUT2D eigenvalue weighted by Gasteiger charge is 2.28. The van der Waals surface area contributed by atoms with E-state index in [1.807, 2.05) is 45.1 Å². The lowest BCUT2D eigenvalue weighted by molar-refractivity contribution is -0.138. The number of hydrogen-bond acceptors (Lipinski definition) is 4. The van der Waals surface area contributed by atoms with Crippen LogP contribution < -0.4 is 10.7 Å². The summed E-state index contributed by atoms with van der Waals surface area (Å²) in [6.07, 6.45) is 11.8. The number of carbonyl (C=O) groups is 4. The molecule has 2 amide bonds. The Balaban J connectivity index is 1.67. The topological polar surface area (TPSA) is 156 Å². The number of hydrogen-bond donors (Lipinski definition) is 4. The van der Waals surface area contributed by atoms with Crippen molar-refractivity contribution in [1.29, 1.82) is 0 Å². The molecule has 212 valence electrons. The molecule has 3 aliphatic heterocycles. The van der Waals surface area contributed by atoms with Gasteiger partial charge in [-0.2, -0.15) is 0 Å². The fourth-order valence-corrected chi connectivity index (χ4v) is 5.80. The van der Waals surface area contributed by atoms with Gasteiger partial charge in [-0.3, -0.25) is 19.2 Å². The van der Waals surface area contributed by atoms with Crippen molar-refractivity contribution < 1.29 is 29.4 Å². The van der Waals surface area contributed by atoms with Gasteiger partial charge in [0.1, 0.15) is 0 Å². The summed E-state index contributed by atoms with van der Waals surface area (Å²) in [7, 11) is 0. The SMILES string of the molecule is C/C=C1/C(/C=c2/[nH]/c(=C\c3[nH]c4c(c3CCC(=O)O)CCN3C(=O)C=CC3=C4)c(CCC(=O)O)c2C)=NC(=O)C1C. The van der Waals surface area contributed by atoms with Crippen LogP contribution in [0.4, 0.5) is 0 Å². The van der Waals surface area contributed by atoms with E-state index in [1.165, 1.54) is 6.08 Å². The van der Waals surface area contributed by atoms with Crippen LogP contribution in [0, 0.1) is 12.8 Å². The van der Waals surface area contributed by atoms with Crippen molar-refractivity contribution in [2.75, 3.05) is 6.54 Å². The van der Waals surface area contributed by atoms with Crippen molar-refractivity contribution in [2.24, 2.45) is 10.9 Å². The highest BCUT2D eigenvalue weighted by atomic mass is 16.4. The second kappa shape index (κ2) is 11.0. The molecule has 10 heteroatoms. The van der Waals surface area contributed by atoms with Crippen LogP contribution >= 0.6 is 0 Å². The monoisotopic (exact) mass is 556 g/mol. The lowest BCUT2D eigenvalue weighted by atomic mass is 9.98. The molecule has 0 radical (unpaired) electrons. The third kappa shape index (κ3) is 5.37. The Bertz CT molecular complexity index is 1730. The number of nitrogens with one attached hydrogen (secondary N) is 2. The van der Waals surface area contributed by atoms with Gasteiger partial charge in [0.15, 0.2) is 0 Å². The highest BCUT2D eigenvalue weighted by Crippen LogP contribution is 2.30. The largest absolute Gasteiger partial charge is 0.481 e. The van der Waals surface area contributed by atoms with Gasteiger partial charge in [0.05, 0.1) is 11.6 Å². The Kier molecular flexibility index (Phi) is 7.49. The van der Waals surface area contributed by atoms with Crippen molar-refractivity contribution in [1.82, 2.24) is 14.9 Å². The molecular weight excluding hydrogens is 524 g/mol. The number of H-pyrrole nitrogens is 2. The van der Waals surface area contributed by atoms with Crippen molar-refractivity contribution in [3.05, 3.63) is 73.8 Å². The number of allylic oxidation sites excluding steroid dienone is 2. The van der Waals surface area contributed by atoms with Gasteiger partial charge in [0.2, 0.25) is 0 Å². The maximum Gasteiger partial charge on any atom is 0.303 e. The Labute approximate surface area is 236 Å². The van der Waals surface area contributed by atoms with E-state index in [9.17, 15) is 29.4 Å². The number of carboxylic acid groups (broad SMARTS) is 2. The Hall–Kier alpha value is -4.73. The van der Waals surface area contributed by atoms with Gasteiger partial charge in [0, 0.05) is 53.2 Å². The minimum Gasteiger partial charge on any atom is -0.481 e. The number of amides is 2.